The van der Waals surface area contributed by atoms with Gasteiger partial charge in [0.15, 0.2) is 6.10 Å². The van der Waals surface area contributed by atoms with Crippen LogP contribution >= 0.6 is 11.8 Å². The maximum Gasteiger partial charge on any atom is 0.334 e. The van der Waals surface area contributed by atoms with Crippen molar-refractivity contribution in [1.29, 1.82) is 0 Å². The van der Waals surface area contributed by atoms with Crippen LogP contribution in [-0.2, 0) is 9.53 Å². The fraction of sp³-hybridized carbons (Fsp3) is 0.556. The summed E-state index contributed by atoms with van der Waals surface area (Å²) < 4.78 is 5.30. The van der Waals surface area contributed by atoms with Gasteiger partial charge in [0.05, 0.1) is 22.5 Å². The van der Waals surface area contributed by atoms with E-state index < -0.39 is 29.0 Å². The van der Waals surface area contributed by atoms with Crippen LogP contribution < -0.4 is 0 Å². The van der Waals surface area contributed by atoms with Crippen molar-refractivity contribution in [3.8, 4) is 0 Å². The summed E-state index contributed by atoms with van der Waals surface area (Å²) in [6, 6.07) is 4.42. The number of rotatable bonds is 7. The van der Waals surface area contributed by atoms with Crippen LogP contribution in [0.5, 0.6) is 0 Å². The third kappa shape index (κ3) is 5.67. The van der Waals surface area contributed by atoms with Crippen molar-refractivity contribution in [1.82, 2.24) is 4.90 Å². The van der Waals surface area contributed by atoms with E-state index >= 15 is 0 Å². The van der Waals surface area contributed by atoms with Crippen molar-refractivity contribution in [2.45, 2.75) is 44.3 Å². The molecule has 2 rings (SSSR count). The zero-order chi connectivity index (χ0) is 20.1. The first kappa shape index (κ1) is 21.2. The Hall–Kier alpha value is -2.13. The largest absolute Gasteiger partial charge is 0.479 e. The number of carboxylic acids is 1. The lowest BCUT2D eigenvalue weighted by molar-refractivity contribution is -0.387. The maximum absolute atomic E-state index is 12.8. The molecule has 1 amide bonds. The second kappa shape index (κ2) is 9.18. The average molecular weight is 396 g/mol. The fourth-order valence-corrected chi connectivity index (χ4v) is 4.01. The number of carbonyl (C=O) groups is 2. The van der Waals surface area contributed by atoms with Crippen LogP contribution in [-0.4, -0.2) is 57.9 Å². The first-order chi connectivity index (χ1) is 12.7. The predicted molar refractivity (Wildman–Crippen MR) is 101 cm³/mol. The van der Waals surface area contributed by atoms with Gasteiger partial charge in [-0.2, -0.15) is 0 Å². The highest BCUT2D eigenvalue weighted by Crippen LogP contribution is 2.31. The minimum absolute atomic E-state index is 0.0861. The Morgan fingerprint density at radius 3 is 2.70 bits per heavy atom. The number of thioether (sulfide) groups is 1. The second-order valence-corrected chi connectivity index (χ2v) is 8.09. The molecule has 0 saturated carbocycles. The second-order valence-electron chi connectivity index (χ2n) is 6.95. The van der Waals surface area contributed by atoms with Crippen molar-refractivity contribution in [2.75, 3.05) is 18.8 Å². The van der Waals surface area contributed by atoms with Crippen LogP contribution in [0.2, 0.25) is 0 Å². The third-order valence-corrected chi connectivity index (χ3v) is 5.27. The van der Waals surface area contributed by atoms with Crippen molar-refractivity contribution >= 4 is 29.3 Å². The predicted octanol–water partition coefficient (Wildman–Crippen LogP) is 3.05. The Balaban J connectivity index is 2.19. The molecule has 1 fully saturated rings. The van der Waals surface area contributed by atoms with E-state index in [9.17, 15) is 19.7 Å². The van der Waals surface area contributed by atoms with Crippen LogP contribution in [0.4, 0.5) is 5.69 Å². The molecule has 1 aliphatic heterocycles. The number of carbonyl (C=O) groups excluding carboxylic acids is 1. The SMILES string of the molecule is CC(C)CCSc1ccc(C(=O)N2CC(C(=O)O)O[C@H](C)C2)cc1[N+](=O)[O-]. The summed E-state index contributed by atoms with van der Waals surface area (Å²) in [7, 11) is 0. The average Bonchev–Trinajstić information content (AvgIpc) is 2.60. The molecule has 2 atom stereocenters. The van der Waals surface area contributed by atoms with E-state index in [0.29, 0.717) is 10.8 Å². The molecule has 8 nitrogen and oxygen atoms in total. The lowest BCUT2D eigenvalue weighted by Crippen LogP contribution is -2.51. The van der Waals surface area contributed by atoms with Crippen LogP contribution in [0.25, 0.3) is 0 Å². The molecule has 0 aromatic heterocycles. The number of nitro groups is 1. The van der Waals surface area contributed by atoms with Gasteiger partial charge in [0.2, 0.25) is 0 Å². The molecule has 148 valence electrons. The minimum atomic E-state index is -1.14. The first-order valence-corrected chi connectivity index (χ1v) is 9.76. The number of benzene rings is 1. The van der Waals surface area contributed by atoms with Crippen LogP contribution in [0.3, 0.4) is 0 Å². The van der Waals surface area contributed by atoms with Crippen molar-refractivity contribution < 1.29 is 24.4 Å². The van der Waals surface area contributed by atoms with Crippen molar-refractivity contribution in [3.63, 3.8) is 0 Å². The van der Waals surface area contributed by atoms with Crippen molar-refractivity contribution in [2.24, 2.45) is 5.92 Å². The van der Waals surface area contributed by atoms with E-state index in [-0.39, 0.29) is 24.3 Å². The van der Waals surface area contributed by atoms with Gasteiger partial charge in [-0.25, -0.2) is 4.79 Å². The van der Waals surface area contributed by atoms with Gasteiger partial charge < -0.3 is 14.7 Å². The molecule has 1 heterocycles. The summed E-state index contributed by atoms with van der Waals surface area (Å²) in [4.78, 5) is 36.8. The van der Waals surface area contributed by atoms with Crippen LogP contribution in [0, 0.1) is 16.0 Å². The van der Waals surface area contributed by atoms with Crippen LogP contribution in [0.15, 0.2) is 23.1 Å². The molecule has 1 aromatic carbocycles. The summed E-state index contributed by atoms with van der Waals surface area (Å²) in [6.45, 7) is 6.01. The zero-order valence-electron chi connectivity index (χ0n) is 15.6. The van der Waals surface area contributed by atoms with E-state index in [2.05, 4.69) is 13.8 Å². The van der Waals surface area contributed by atoms with Gasteiger partial charge >= 0.3 is 5.97 Å². The summed E-state index contributed by atoms with van der Waals surface area (Å²) in [5.74, 6) is -0.309. The monoisotopic (exact) mass is 396 g/mol. The van der Waals surface area contributed by atoms with Gasteiger partial charge in [-0.3, -0.25) is 14.9 Å². The normalized spacial score (nSPS) is 19.9. The number of carboxylic acid groups (broad SMARTS) is 1. The number of hydrogen-bond donors (Lipinski definition) is 1. The Morgan fingerprint density at radius 2 is 2.11 bits per heavy atom. The van der Waals surface area contributed by atoms with Gasteiger partial charge in [0.25, 0.3) is 11.6 Å². The lowest BCUT2D eigenvalue weighted by atomic mass is 10.1. The lowest BCUT2D eigenvalue weighted by Gasteiger charge is -2.35. The number of morpholine rings is 1. The molecule has 1 saturated heterocycles. The van der Waals surface area contributed by atoms with Crippen LogP contribution in [0.1, 0.15) is 37.6 Å². The topological polar surface area (TPSA) is 110 Å². The van der Waals surface area contributed by atoms with E-state index in [0.717, 1.165) is 12.2 Å². The highest BCUT2D eigenvalue weighted by molar-refractivity contribution is 7.99. The van der Waals surface area contributed by atoms with E-state index in [1.807, 2.05) is 0 Å². The molecule has 1 aromatic rings. The summed E-state index contributed by atoms with van der Waals surface area (Å²) in [5, 5.41) is 20.6. The maximum atomic E-state index is 12.8. The van der Waals surface area contributed by atoms with Gasteiger partial charge in [-0.05, 0) is 37.1 Å². The molecule has 1 unspecified atom stereocenters. The molecular weight excluding hydrogens is 372 g/mol. The summed E-state index contributed by atoms with van der Waals surface area (Å²) in [6.07, 6.45) is -0.590. The van der Waals surface area contributed by atoms with Gasteiger partial charge in [-0.1, -0.05) is 13.8 Å². The molecule has 0 bridgehead atoms. The number of nitro benzene ring substituents is 1. The number of hydrogen-bond acceptors (Lipinski definition) is 6. The van der Waals surface area contributed by atoms with Gasteiger partial charge in [0.1, 0.15) is 0 Å². The number of nitrogens with zero attached hydrogens (tertiary/aromatic N) is 2. The van der Waals surface area contributed by atoms with Gasteiger partial charge in [-0.15, -0.1) is 11.8 Å². The fourth-order valence-electron chi connectivity index (χ4n) is 2.76. The number of ether oxygens (including phenoxy) is 1. The smallest absolute Gasteiger partial charge is 0.334 e. The Bertz CT molecular complexity index is 724. The van der Waals surface area contributed by atoms with E-state index in [1.165, 1.54) is 22.7 Å². The Labute approximate surface area is 162 Å². The van der Waals surface area contributed by atoms with Crippen molar-refractivity contribution in [3.05, 3.63) is 33.9 Å². The minimum Gasteiger partial charge on any atom is -0.479 e. The first-order valence-electron chi connectivity index (χ1n) is 8.77. The number of amides is 1. The quantitative estimate of drug-likeness (QED) is 0.428. The molecular formula is C18H24N2O6S. The van der Waals surface area contributed by atoms with E-state index in [4.69, 9.17) is 9.84 Å². The summed E-state index contributed by atoms with van der Waals surface area (Å²) in [5.41, 5.74) is 0.0684. The zero-order valence-corrected chi connectivity index (χ0v) is 16.4. The molecule has 1 N–H and O–H groups in total. The van der Waals surface area contributed by atoms with Gasteiger partial charge in [0, 0.05) is 18.2 Å². The highest BCUT2D eigenvalue weighted by atomic mass is 32.2. The standard InChI is InChI=1S/C18H24N2O6S/c1-11(2)6-7-27-16-5-4-13(8-14(16)20(24)25)17(21)19-9-12(3)26-15(10-19)18(22)23/h4-5,8,11-12,15H,6-7,9-10H2,1-3H3,(H,22,23)/t12-,15?/m1/s1. The molecule has 1 aliphatic rings. The summed E-state index contributed by atoms with van der Waals surface area (Å²) >= 11 is 1.40. The highest BCUT2D eigenvalue weighted by Gasteiger charge is 2.33. The number of aliphatic carboxylic acids is 1. The Morgan fingerprint density at radius 1 is 1.41 bits per heavy atom. The molecule has 0 radical (unpaired) electrons. The molecule has 27 heavy (non-hydrogen) atoms. The molecule has 0 spiro atoms. The third-order valence-electron chi connectivity index (χ3n) is 4.18. The molecule has 9 heteroatoms. The van der Waals surface area contributed by atoms with E-state index in [1.54, 1.807) is 19.1 Å². The Kier molecular flexibility index (Phi) is 7.20. The molecule has 0 aliphatic carbocycles.